The summed E-state index contributed by atoms with van der Waals surface area (Å²) in [5, 5.41) is 3.27. The molecule has 6 nitrogen and oxygen atoms in total. The molecule has 1 heterocycles. The number of hydrogen-bond donors (Lipinski definition) is 2. The van der Waals surface area contributed by atoms with Gasteiger partial charge in [-0.25, -0.2) is 21.6 Å². The summed E-state index contributed by atoms with van der Waals surface area (Å²) >= 11 is 0. The van der Waals surface area contributed by atoms with Crippen molar-refractivity contribution in [1.82, 2.24) is 10.0 Å². The summed E-state index contributed by atoms with van der Waals surface area (Å²) in [6.45, 7) is 1.36. The summed E-state index contributed by atoms with van der Waals surface area (Å²) in [5.74, 6) is -0.687. The number of sulfonamides is 1. The molecule has 1 aliphatic heterocycles. The van der Waals surface area contributed by atoms with Crippen LogP contribution in [0.2, 0.25) is 0 Å². The zero-order valence-corrected chi connectivity index (χ0v) is 12.8. The van der Waals surface area contributed by atoms with Gasteiger partial charge < -0.3 is 5.32 Å². The molecular formula is C9H21ClN2O4S2. The van der Waals surface area contributed by atoms with Gasteiger partial charge in [0.15, 0.2) is 0 Å². The van der Waals surface area contributed by atoms with Crippen molar-refractivity contribution in [3.63, 3.8) is 0 Å². The van der Waals surface area contributed by atoms with Gasteiger partial charge in [-0.1, -0.05) is 0 Å². The fourth-order valence-corrected chi connectivity index (χ4v) is 4.39. The number of hydrogen-bond acceptors (Lipinski definition) is 5. The number of nitrogens with one attached hydrogen (secondary N) is 2. The van der Waals surface area contributed by atoms with E-state index < -0.39 is 19.9 Å². The van der Waals surface area contributed by atoms with Crippen molar-refractivity contribution in [3.05, 3.63) is 0 Å². The van der Waals surface area contributed by atoms with Crippen molar-refractivity contribution >= 4 is 32.3 Å². The number of sulfone groups is 1. The van der Waals surface area contributed by atoms with Gasteiger partial charge in [0.2, 0.25) is 10.0 Å². The Bertz CT molecular complexity index is 429. The molecule has 0 aromatic heterocycles. The van der Waals surface area contributed by atoms with Crippen molar-refractivity contribution in [2.45, 2.75) is 25.3 Å². The van der Waals surface area contributed by atoms with E-state index in [0.29, 0.717) is 12.6 Å². The highest BCUT2D eigenvalue weighted by molar-refractivity contribution is 7.93. The van der Waals surface area contributed by atoms with Crippen LogP contribution < -0.4 is 10.0 Å². The normalized spacial score (nSPS) is 20.6. The molecule has 0 radical (unpaired) electrons. The van der Waals surface area contributed by atoms with E-state index in [2.05, 4.69) is 10.0 Å². The minimum atomic E-state index is -3.46. The first kappa shape index (κ1) is 18.1. The second-order valence-corrected chi connectivity index (χ2v) is 8.61. The van der Waals surface area contributed by atoms with Crippen molar-refractivity contribution in [2.75, 3.05) is 30.9 Å². The van der Waals surface area contributed by atoms with Gasteiger partial charge in [0.1, 0.15) is 9.84 Å². The number of halogens is 1. The molecule has 2 N–H and O–H groups in total. The molecule has 1 atom stereocenters. The summed E-state index contributed by atoms with van der Waals surface area (Å²) in [6.07, 6.45) is 3.99. The Hall–Kier alpha value is 0.110. The van der Waals surface area contributed by atoms with E-state index in [1.165, 1.54) is 0 Å². The Morgan fingerprint density at radius 2 is 1.89 bits per heavy atom. The predicted octanol–water partition coefficient (Wildman–Crippen LogP) is -0.486. The molecule has 0 bridgehead atoms. The van der Waals surface area contributed by atoms with Gasteiger partial charge >= 0.3 is 0 Å². The Balaban J connectivity index is 0.00000289. The Labute approximate surface area is 115 Å². The van der Waals surface area contributed by atoms with Crippen LogP contribution in [0.1, 0.15) is 19.3 Å². The predicted molar refractivity (Wildman–Crippen MR) is 74.4 cm³/mol. The molecule has 0 aliphatic carbocycles. The highest BCUT2D eigenvalue weighted by Gasteiger charge is 2.17. The summed E-state index contributed by atoms with van der Waals surface area (Å²) in [5.41, 5.74) is 0. The third-order valence-corrected chi connectivity index (χ3v) is 5.29. The van der Waals surface area contributed by atoms with Gasteiger partial charge in [-0.2, -0.15) is 0 Å². The van der Waals surface area contributed by atoms with Crippen LogP contribution in [-0.2, 0) is 19.9 Å². The SMILES string of the molecule is CS(=O)(=O)CCS(=O)(=O)NCC[C@H]1CCCN1.Cl. The summed E-state index contributed by atoms with van der Waals surface area (Å²) in [4.78, 5) is 0. The minimum Gasteiger partial charge on any atom is -0.314 e. The van der Waals surface area contributed by atoms with Crippen LogP contribution >= 0.6 is 12.4 Å². The first-order chi connectivity index (χ1) is 7.79. The second kappa shape index (κ2) is 7.64. The maximum atomic E-state index is 11.5. The largest absolute Gasteiger partial charge is 0.314 e. The van der Waals surface area contributed by atoms with E-state index in [1.807, 2.05) is 0 Å². The lowest BCUT2D eigenvalue weighted by molar-refractivity contribution is 0.539. The van der Waals surface area contributed by atoms with Crippen LogP contribution in [0.4, 0.5) is 0 Å². The van der Waals surface area contributed by atoms with Gasteiger partial charge in [-0.3, -0.25) is 0 Å². The standard InChI is InChI=1S/C9H20N2O4S2.ClH/c1-16(12,13)7-8-17(14,15)11-6-4-9-3-2-5-10-9;/h9-11H,2-8H2,1H3;1H/t9-;/m1./s1. The van der Waals surface area contributed by atoms with E-state index in [1.54, 1.807) is 0 Å². The van der Waals surface area contributed by atoms with Crippen LogP contribution in [0, 0.1) is 0 Å². The Morgan fingerprint density at radius 3 is 2.39 bits per heavy atom. The lowest BCUT2D eigenvalue weighted by atomic mass is 10.2. The molecule has 0 aromatic rings. The average molecular weight is 321 g/mol. The molecular weight excluding hydrogens is 300 g/mol. The van der Waals surface area contributed by atoms with Gasteiger partial charge in [0, 0.05) is 18.8 Å². The Morgan fingerprint density at radius 1 is 1.22 bits per heavy atom. The fourth-order valence-electron chi connectivity index (χ4n) is 1.73. The average Bonchev–Trinajstić information content (AvgIpc) is 2.67. The molecule has 0 unspecified atom stereocenters. The van der Waals surface area contributed by atoms with E-state index in [0.717, 1.165) is 32.1 Å². The molecule has 1 saturated heterocycles. The van der Waals surface area contributed by atoms with E-state index in [-0.39, 0.29) is 23.9 Å². The molecule has 1 rings (SSSR count). The first-order valence-corrected chi connectivity index (χ1v) is 9.38. The van der Waals surface area contributed by atoms with Crippen LogP contribution in [0.25, 0.3) is 0 Å². The molecule has 0 saturated carbocycles. The van der Waals surface area contributed by atoms with Crippen LogP contribution in [-0.4, -0.2) is 53.7 Å². The highest BCUT2D eigenvalue weighted by atomic mass is 35.5. The summed E-state index contributed by atoms with van der Waals surface area (Å²) < 4.78 is 47.1. The number of rotatable bonds is 7. The monoisotopic (exact) mass is 320 g/mol. The smallest absolute Gasteiger partial charge is 0.212 e. The summed E-state index contributed by atoms with van der Waals surface area (Å²) in [6, 6.07) is 0.382. The lowest BCUT2D eigenvalue weighted by Gasteiger charge is -2.10. The third kappa shape index (κ3) is 8.25. The quantitative estimate of drug-likeness (QED) is 0.660. The zero-order valence-electron chi connectivity index (χ0n) is 10.4. The molecule has 18 heavy (non-hydrogen) atoms. The second-order valence-electron chi connectivity index (χ2n) is 4.43. The molecule has 9 heteroatoms. The summed E-state index contributed by atoms with van der Waals surface area (Å²) in [7, 11) is -6.69. The van der Waals surface area contributed by atoms with Crippen LogP contribution in [0.15, 0.2) is 0 Å². The van der Waals surface area contributed by atoms with Crippen molar-refractivity contribution in [3.8, 4) is 0 Å². The topological polar surface area (TPSA) is 92.3 Å². The van der Waals surface area contributed by atoms with Crippen molar-refractivity contribution < 1.29 is 16.8 Å². The van der Waals surface area contributed by atoms with Gasteiger partial charge in [0.05, 0.1) is 11.5 Å². The van der Waals surface area contributed by atoms with E-state index >= 15 is 0 Å². The first-order valence-electron chi connectivity index (χ1n) is 5.67. The highest BCUT2D eigenvalue weighted by Crippen LogP contribution is 2.07. The molecule has 0 aromatic carbocycles. The van der Waals surface area contributed by atoms with Crippen LogP contribution in [0.3, 0.4) is 0 Å². The van der Waals surface area contributed by atoms with E-state index in [9.17, 15) is 16.8 Å². The molecule has 0 amide bonds. The molecule has 110 valence electrons. The lowest BCUT2D eigenvalue weighted by Crippen LogP contribution is -2.33. The maximum absolute atomic E-state index is 11.5. The third-order valence-electron chi connectivity index (χ3n) is 2.70. The van der Waals surface area contributed by atoms with Gasteiger partial charge in [0.25, 0.3) is 0 Å². The zero-order chi connectivity index (χ0) is 12.9. The molecule has 1 aliphatic rings. The van der Waals surface area contributed by atoms with Crippen molar-refractivity contribution in [1.29, 1.82) is 0 Å². The molecule has 0 spiro atoms. The Kier molecular flexibility index (Phi) is 7.69. The van der Waals surface area contributed by atoms with E-state index in [4.69, 9.17) is 0 Å². The van der Waals surface area contributed by atoms with Gasteiger partial charge in [-0.05, 0) is 25.8 Å². The maximum Gasteiger partial charge on any atom is 0.212 e. The van der Waals surface area contributed by atoms with Gasteiger partial charge in [-0.15, -0.1) is 12.4 Å². The molecule has 1 fully saturated rings. The minimum absolute atomic E-state index is 0. The van der Waals surface area contributed by atoms with Crippen LogP contribution in [0.5, 0.6) is 0 Å². The van der Waals surface area contributed by atoms with Crippen molar-refractivity contribution in [2.24, 2.45) is 0 Å². The fraction of sp³-hybridized carbons (Fsp3) is 1.00.